The van der Waals surface area contributed by atoms with Crippen molar-refractivity contribution >= 4 is 138 Å². The van der Waals surface area contributed by atoms with E-state index >= 15 is 0 Å². The van der Waals surface area contributed by atoms with E-state index in [1.54, 1.807) is 25.2 Å². The van der Waals surface area contributed by atoms with Gasteiger partial charge in [-0.1, -0.05) is 384 Å². The zero-order chi connectivity index (χ0) is 97.8. The molecule has 2 aliphatic carbocycles. The highest BCUT2D eigenvalue weighted by molar-refractivity contribution is 7.26. The second-order valence-electron chi connectivity index (χ2n) is 40.8. The third-order valence-corrected chi connectivity index (χ3v) is 27.9. The first-order valence-electron chi connectivity index (χ1n) is 49.1. The number of furan rings is 2. The highest BCUT2D eigenvalue weighted by atomic mass is 32.1. The molecular formula is C120H128O2S3. The van der Waals surface area contributed by atoms with Gasteiger partial charge in [0, 0.05) is 95.8 Å². The zero-order valence-electron chi connectivity index (χ0n) is 87.4. The molecule has 0 atom stereocenters. The van der Waals surface area contributed by atoms with Crippen molar-refractivity contribution in [2.75, 3.05) is 0 Å². The summed E-state index contributed by atoms with van der Waals surface area (Å²) in [6.07, 6.45) is -0.715. The predicted molar refractivity (Wildman–Crippen MR) is 554 cm³/mol. The predicted octanol–water partition coefficient (Wildman–Crippen LogP) is 36.7. The summed E-state index contributed by atoms with van der Waals surface area (Å²) in [6, 6.07) is 94.3. The average molecular weight is 1710 g/mol. The molecule has 0 bridgehead atoms. The van der Waals surface area contributed by atoms with Crippen LogP contribution in [0, 0.1) is 13.7 Å². The van der Waals surface area contributed by atoms with E-state index in [1.807, 2.05) is 141 Å². The smallest absolute Gasteiger partial charge is 0.135 e. The van der Waals surface area contributed by atoms with E-state index < -0.39 is 26.4 Å². The van der Waals surface area contributed by atoms with Gasteiger partial charge in [-0.15, -0.1) is 34.0 Å². The van der Waals surface area contributed by atoms with Crippen LogP contribution < -0.4 is 0 Å². The summed E-state index contributed by atoms with van der Waals surface area (Å²) in [7, 11) is 0. The number of aryl methyl sites for hydroxylation is 4. The van der Waals surface area contributed by atoms with Crippen LogP contribution >= 0.6 is 34.0 Å². The maximum Gasteiger partial charge on any atom is 0.135 e. The Kier molecular flexibility index (Phi) is 21.5. The molecule has 638 valence electrons. The summed E-state index contributed by atoms with van der Waals surface area (Å²) in [5.74, 6) is 0. The van der Waals surface area contributed by atoms with E-state index in [0.29, 0.717) is 16.7 Å². The molecule has 0 fully saturated rings. The van der Waals surface area contributed by atoms with Gasteiger partial charge < -0.3 is 8.83 Å². The Labute approximate surface area is 770 Å². The maximum atomic E-state index is 8.17. The third kappa shape index (κ3) is 18.4. The first-order valence-corrected chi connectivity index (χ1v) is 46.6. The van der Waals surface area contributed by atoms with Crippen molar-refractivity contribution < 1.29 is 22.5 Å². The van der Waals surface area contributed by atoms with Crippen molar-refractivity contribution in [1.82, 2.24) is 0 Å². The van der Waals surface area contributed by atoms with Crippen LogP contribution in [-0.4, -0.2) is 0 Å². The molecule has 0 spiro atoms. The van der Waals surface area contributed by atoms with Crippen LogP contribution in [0.5, 0.6) is 0 Å². The van der Waals surface area contributed by atoms with Crippen LogP contribution in [0.15, 0.2) is 282 Å². The molecule has 0 amide bonds. The van der Waals surface area contributed by atoms with Gasteiger partial charge in [0.05, 0.1) is 0 Å². The fourth-order valence-electron chi connectivity index (χ4n) is 18.1. The number of thiophene rings is 3. The molecule has 125 heavy (non-hydrogen) atoms. The molecule has 2 aliphatic rings. The minimum atomic E-state index is -2.17. The Morgan fingerprint density at radius 1 is 0.280 bits per heavy atom. The molecule has 0 aliphatic heterocycles. The summed E-state index contributed by atoms with van der Waals surface area (Å²) >= 11 is 5.59. The molecule has 0 N–H and O–H groups in total. The highest BCUT2D eigenvalue weighted by Crippen LogP contribution is 2.48. The van der Waals surface area contributed by atoms with Gasteiger partial charge in [0.2, 0.25) is 0 Å². The van der Waals surface area contributed by atoms with Crippen LogP contribution in [0.2, 0.25) is 0 Å². The first-order chi connectivity index (χ1) is 63.0. The molecule has 2 nitrogen and oxygen atoms in total. The van der Waals surface area contributed by atoms with E-state index in [2.05, 4.69) is 301 Å². The van der Waals surface area contributed by atoms with Crippen molar-refractivity contribution in [3.63, 3.8) is 0 Å². The number of para-hydroxylation sites is 2. The molecule has 0 saturated carbocycles. The van der Waals surface area contributed by atoms with Crippen molar-refractivity contribution in [1.29, 1.82) is 0 Å². The summed E-state index contributed by atoms with van der Waals surface area (Å²) in [4.78, 5) is 0. The number of rotatable bonds is 2. The summed E-state index contributed by atoms with van der Waals surface area (Å²) in [6.45, 7) is 44.8. The molecule has 14 aromatic carbocycles. The van der Waals surface area contributed by atoms with Gasteiger partial charge in [0.25, 0.3) is 0 Å². The molecule has 5 aromatic heterocycles. The van der Waals surface area contributed by atoms with Crippen LogP contribution in [0.1, 0.15) is 256 Å². The Balaban J connectivity index is 0.000000120. The minimum absolute atomic E-state index is 0.0842. The monoisotopic (exact) mass is 1710 g/mol. The second kappa shape index (κ2) is 34.9. The van der Waals surface area contributed by atoms with E-state index in [9.17, 15) is 0 Å². The molecular weight excluding hydrogens is 1570 g/mol. The van der Waals surface area contributed by atoms with Crippen molar-refractivity contribution in [3.8, 4) is 22.3 Å². The van der Waals surface area contributed by atoms with Crippen molar-refractivity contribution in [2.24, 2.45) is 0 Å². The normalized spacial score (nSPS) is 14.3. The van der Waals surface area contributed by atoms with Crippen LogP contribution in [0.3, 0.4) is 0 Å². The average Bonchev–Trinajstić information content (AvgIpc) is 1.61. The lowest BCUT2D eigenvalue weighted by molar-refractivity contribution is 0.585. The molecule has 5 heteroatoms. The number of benzene rings is 14. The molecule has 19 aromatic rings. The van der Waals surface area contributed by atoms with Crippen molar-refractivity contribution in [2.45, 2.75) is 236 Å². The van der Waals surface area contributed by atoms with E-state index in [4.69, 9.17) is 22.5 Å². The van der Waals surface area contributed by atoms with Crippen LogP contribution in [0.4, 0.5) is 0 Å². The number of hydrogen-bond acceptors (Lipinski definition) is 5. The summed E-state index contributed by atoms with van der Waals surface area (Å²) in [5.41, 5.74) is 24.4. The van der Waals surface area contributed by atoms with Crippen LogP contribution in [-0.2, 0) is 63.5 Å². The van der Waals surface area contributed by atoms with Gasteiger partial charge >= 0.3 is 0 Å². The van der Waals surface area contributed by atoms with Crippen molar-refractivity contribution in [3.05, 3.63) is 356 Å². The fourth-order valence-corrected chi connectivity index (χ4v) is 22.2. The quantitative estimate of drug-likeness (QED) is 0.172. The van der Waals surface area contributed by atoms with Crippen LogP contribution in [0.25, 0.3) is 127 Å². The van der Waals surface area contributed by atoms with Gasteiger partial charge in [-0.25, -0.2) is 0 Å². The number of fused-ring (bicyclic) bond motifs is 21. The Hall–Kier alpha value is -10.7. The van der Waals surface area contributed by atoms with Gasteiger partial charge in [-0.05, 0) is 231 Å². The summed E-state index contributed by atoms with van der Waals surface area (Å²) < 4.78 is 100. The molecule has 5 heterocycles. The number of hydrogen-bond donors (Lipinski definition) is 0. The highest BCUT2D eigenvalue weighted by Gasteiger charge is 2.30. The van der Waals surface area contributed by atoms with E-state index in [-0.39, 0.29) is 37.9 Å². The SMILES string of the molecule is CC(C)(C)c1ccc2c(c1)Cc1ccccc1-2.CC(C)(C)c1cccc2c1sc1ccccc12.CC(C)(C)c1cccc2sc3ccccc3c12.[2H]C([2H])(C)c1ccc2c(sc3ccccc32)c1C(C)(C)C.[2H]C([2H])(C)c1ccc2oc3ccccc3c2c1C(C)(C)C.[2H]C([2H])([2H])c1c(C(C)(C)C)ccc2oc3ccccc3c12.[2H]C([2H])([2H])c1cc2c(cc1C(C)(C)C)Cc1ccccc1-2. The molecule has 21 rings (SSSR count). The lowest BCUT2D eigenvalue weighted by atomic mass is 9.80. The second-order valence-corrected chi connectivity index (χ2v) is 44.0. The lowest BCUT2D eigenvalue weighted by Crippen LogP contribution is -2.14. The molecule has 0 saturated heterocycles. The Morgan fingerprint density at radius 3 is 1.26 bits per heavy atom. The van der Waals surface area contributed by atoms with E-state index in [1.165, 1.54) is 116 Å². The zero-order valence-corrected chi connectivity index (χ0v) is 79.9. The van der Waals surface area contributed by atoms with Gasteiger partial charge in [0.1, 0.15) is 22.3 Å². The lowest BCUT2D eigenvalue weighted by Gasteiger charge is -2.23. The topological polar surface area (TPSA) is 26.3 Å². The standard InChI is InChI=1S/C18H20O.C18H20S.C18H20.C17H18O.C17H18.2C16H16S/c1-5-12-10-11-15-16(17(12)18(2,3)4)13-8-6-7-9-14(13)19-15;1-5-12-10-11-14-13-8-6-7-9-15(13)19-17(14)16(12)18(2,3)4;1-12-9-16-14(11-17(12)18(2,3)4)10-13-7-5-6-8-15(13)16;1-11-13(17(2,3)4)9-10-15-16(11)12-7-5-6-8-14(12)18-15;1-17(2,3)14-8-9-16-13(11-14)10-12-6-4-5-7-15(12)16;1-16(2,3)13-9-6-8-12-11-7-4-5-10-14(11)17-15(12)13;1-16(2,3)12-8-6-10-14-15(12)11-7-4-5-9-13(11)17-14/h2*6-11H,5H2,1-4H3;5-9,11H,10H2,1-4H3;5-10H,1-4H3;4-9,11H,10H2,1-3H3;2*4-10H,1-3H3/i2*5D2;2*1D3;;;. The maximum absolute atomic E-state index is 8.17. The molecule has 0 radical (unpaired) electrons. The third-order valence-electron chi connectivity index (χ3n) is 24.3. The Bertz CT molecular complexity index is 7490. The van der Waals surface area contributed by atoms with E-state index in [0.717, 1.165) is 90.1 Å². The largest absolute Gasteiger partial charge is 0.456 e. The van der Waals surface area contributed by atoms with Gasteiger partial charge in [-0.3, -0.25) is 0 Å². The van der Waals surface area contributed by atoms with Gasteiger partial charge in [0.15, 0.2) is 0 Å². The fraction of sp³-hybridized carbons (Fsp3) is 0.300. The minimum Gasteiger partial charge on any atom is -0.456 e. The summed E-state index contributed by atoms with van der Waals surface area (Å²) in [5, 5.41) is 11.8. The Morgan fingerprint density at radius 2 is 0.712 bits per heavy atom. The van der Waals surface area contributed by atoms with Gasteiger partial charge in [-0.2, -0.15) is 0 Å². The first kappa shape index (κ1) is 76.7. The molecule has 0 unspecified atom stereocenters.